The van der Waals surface area contributed by atoms with Gasteiger partial charge in [-0.1, -0.05) is 11.6 Å². The van der Waals surface area contributed by atoms with E-state index in [1.54, 1.807) is 12.3 Å². The van der Waals surface area contributed by atoms with Gasteiger partial charge in [0, 0.05) is 6.20 Å². The van der Waals surface area contributed by atoms with E-state index in [4.69, 9.17) is 21.4 Å². The number of hydrogen-bond acceptors (Lipinski definition) is 5. The maximum Gasteiger partial charge on any atom is 0.173 e. The zero-order valence-electron chi connectivity index (χ0n) is 9.65. The molecule has 8 heteroatoms. The third-order valence-corrected chi connectivity index (χ3v) is 3.51. The normalized spacial score (nSPS) is 31.2. The molecule has 0 bridgehead atoms. The van der Waals surface area contributed by atoms with Crippen LogP contribution in [-0.2, 0) is 4.74 Å². The summed E-state index contributed by atoms with van der Waals surface area (Å²) in [6, 6.07) is 1.65. The number of aliphatic hydroxyl groups is 2. The first-order chi connectivity index (χ1) is 9.13. The molecule has 0 saturated carbocycles. The minimum absolute atomic E-state index is 0.261. The van der Waals surface area contributed by atoms with Crippen LogP contribution in [0.5, 0.6) is 0 Å². The largest absolute Gasteiger partial charge is 0.394 e. The van der Waals surface area contributed by atoms with Gasteiger partial charge in [-0.15, -0.1) is 0 Å². The molecule has 2 N–H and O–H groups in total. The number of halogens is 2. The predicted molar refractivity (Wildman–Crippen MR) is 64.4 cm³/mol. The third kappa shape index (κ3) is 1.90. The molecule has 1 aliphatic rings. The summed E-state index contributed by atoms with van der Waals surface area (Å²) in [5.41, 5.74) is 0.415. The van der Waals surface area contributed by atoms with Crippen molar-refractivity contribution < 1.29 is 19.3 Å². The number of hydrogen-bond donors (Lipinski definition) is 2. The van der Waals surface area contributed by atoms with Crippen molar-refractivity contribution in [1.82, 2.24) is 14.5 Å². The highest BCUT2D eigenvalue weighted by Crippen LogP contribution is 2.34. The highest BCUT2D eigenvalue weighted by molar-refractivity contribution is 6.33. The van der Waals surface area contributed by atoms with E-state index in [-0.39, 0.29) is 5.15 Å². The fraction of sp³-hybridized carbons (Fsp3) is 0.455. The first-order valence-corrected chi connectivity index (χ1v) is 6.06. The number of ether oxygens (including phenoxy) is 1. The standard InChI is InChI=1S/C11H11ClFN3O3/c12-9-5-1-2-16(10(5)15-4-14-9)11-7(13)8(18)6(3-17)19-11/h1-2,4,6-8,11,17-18H,3H2/t6?,7-,8+,11+/m0/s1. The van der Waals surface area contributed by atoms with Gasteiger partial charge in [0.2, 0.25) is 0 Å². The Morgan fingerprint density at radius 2 is 2.26 bits per heavy atom. The van der Waals surface area contributed by atoms with Crippen molar-refractivity contribution in [3.05, 3.63) is 23.7 Å². The first-order valence-electron chi connectivity index (χ1n) is 5.69. The lowest BCUT2D eigenvalue weighted by Crippen LogP contribution is -2.30. The van der Waals surface area contributed by atoms with E-state index >= 15 is 0 Å². The summed E-state index contributed by atoms with van der Waals surface area (Å²) in [4.78, 5) is 7.86. The Morgan fingerprint density at radius 3 is 2.95 bits per heavy atom. The highest BCUT2D eigenvalue weighted by Gasteiger charge is 2.45. The van der Waals surface area contributed by atoms with Crippen LogP contribution in [0.15, 0.2) is 18.6 Å². The van der Waals surface area contributed by atoms with E-state index in [0.717, 1.165) is 0 Å². The molecule has 0 radical (unpaired) electrons. The summed E-state index contributed by atoms with van der Waals surface area (Å²) in [6.07, 6.45) is -2.19. The van der Waals surface area contributed by atoms with Gasteiger partial charge in [-0.05, 0) is 6.07 Å². The Balaban J connectivity index is 2.04. The minimum Gasteiger partial charge on any atom is -0.394 e. The van der Waals surface area contributed by atoms with Crippen LogP contribution in [0, 0.1) is 0 Å². The van der Waals surface area contributed by atoms with E-state index in [9.17, 15) is 9.50 Å². The van der Waals surface area contributed by atoms with Gasteiger partial charge in [-0.25, -0.2) is 14.4 Å². The zero-order valence-corrected chi connectivity index (χ0v) is 10.4. The summed E-state index contributed by atoms with van der Waals surface area (Å²) >= 11 is 5.91. The molecule has 0 aromatic carbocycles. The van der Waals surface area contributed by atoms with Gasteiger partial charge in [0.25, 0.3) is 0 Å². The Labute approximate surface area is 112 Å². The minimum atomic E-state index is -1.65. The molecule has 102 valence electrons. The summed E-state index contributed by atoms with van der Waals surface area (Å²) in [5.74, 6) is 0. The van der Waals surface area contributed by atoms with Crippen LogP contribution in [0.4, 0.5) is 4.39 Å². The molecule has 6 nitrogen and oxygen atoms in total. The van der Waals surface area contributed by atoms with Gasteiger partial charge in [-0.2, -0.15) is 0 Å². The van der Waals surface area contributed by atoms with E-state index in [2.05, 4.69) is 9.97 Å². The van der Waals surface area contributed by atoms with E-state index < -0.39 is 31.2 Å². The maximum absolute atomic E-state index is 14.0. The third-order valence-electron chi connectivity index (χ3n) is 3.21. The Morgan fingerprint density at radius 1 is 1.47 bits per heavy atom. The predicted octanol–water partition coefficient (Wildman–Crippen LogP) is 0.673. The van der Waals surface area contributed by atoms with Crippen LogP contribution in [-0.4, -0.2) is 49.7 Å². The smallest absolute Gasteiger partial charge is 0.173 e. The monoisotopic (exact) mass is 287 g/mol. The Bertz CT molecular complexity index is 608. The van der Waals surface area contributed by atoms with Gasteiger partial charge >= 0.3 is 0 Å². The topological polar surface area (TPSA) is 80.4 Å². The molecule has 3 heterocycles. The summed E-state index contributed by atoms with van der Waals surface area (Å²) in [7, 11) is 0. The second-order valence-electron chi connectivity index (χ2n) is 4.31. The van der Waals surface area contributed by atoms with Gasteiger partial charge in [0.05, 0.1) is 12.0 Å². The molecule has 0 aliphatic carbocycles. The molecule has 4 atom stereocenters. The molecule has 1 saturated heterocycles. The lowest BCUT2D eigenvalue weighted by Gasteiger charge is -2.15. The quantitative estimate of drug-likeness (QED) is 0.794. The molecule has 2 aromatic rings. The number of alkyl halides is 1. The number of nitrogens with zero attached hydrogens (tertiary/aromatic N) is 3. The van der Waals surface area contributed by atoms with Gasteiger partial charge in [0.1, 0.15) is 29.3 Å². The van der Waals surface area contributed by atoms with Gasteiger partial charge < -0.3 is 19.5 Å². The van der Waals surface area contributed by atoms with Crippen molar-refractivity contribution in [2.45, 2.75) is 24.6 Å². The molecule has 1 unspecified atom stereocenters. The lowest BCUT2D eigenvalue weighted by atomic mass is 10.1. The summed E-state index contributed by atoms with van der Waals surface area (Å²) in [5, 5.41) is 19.5. The Kier molecular flexibility index (Phi) is 3.14. The molecular weight excluding hydrogens is 277 g/mol. The Hall–Kier alpha value is -1.28. The van der Waals surface area contributed by atoms with Gasteiger partial charge in [-0.3, -0.25) is 0 Å². The molecule has 2 aromatic heterocycles. The molecule has 0 spiro atoms. The molecule has 19 heavy (non-hydrogen) atoms. The molecule has 0 amide bonds. The van der Waals surface area contributed by atoms with E-state index in [1.807, 2.05) is 0 Å². The fourth-order valence-corrected chi connectivity index (χ4v) is 2.41. The second-order valence-corrected chi connectivity index (χ2v) is 4.67. The van der Waals surface area contributed by atoms with Crippen LogP contribution in [0.2, 0.25) is 5.15 Å². The summed E-state index contributed by atoms with van der Waals surface area (Å²) in [6.45, 7) is -0.451. The first kappa shape index (κ1) is 12.7. The van der Waals surface area contributed by atoms with Crippen molar-refractivity contribution in [2.75, 3.05) is 6.61 Å². The van der Waals surface area contributed by atoms with Crippen molar-refractivity contribution >= 4 is 22.6 Å². The van der Waals surface area contributed by atoms with Crippen LogP contribution in [0.25, 0.3) is 11.0 Å². The summed E-state index contributed by atoms with van der Waals surface area (Å²) < 4.78 is 20.8. The number of aliphatic hydroxyl groups excluding tert-OH is 2. The van der Waals surface area contributed by atoms with Crippen LogP contribution < -0.4 is 0 Å². The maximum atomic E-state index is 14.0. The van der Waals surface area contributed by atoms with Crippen LogP contribution >= 0.6 is 11.6 Å². The number of rotatable bonds is 2. The van der Waals surface area contributed by atoms with Crippen molar-refractivity contribution in [2.24, 2.45) is 0 Å². The van der Waals surface area contributed by atoms with E-state index in [0.29, 0.717) is 11.0 Å². The molecular formula is C11H11ClFN3O3. The number of aromatic nitrogens is 3. The average molecular weight is 288 g/mol. The van der Waals surface area contributed by atoms with Crippen molar-refractivity contribution in [1.29, 1.82) is 0 Å². The van der Waals surface area contributed by atoms with Gasteiger partial charge in [0.15, 0.2) is 12.4 Å². The lowest BCUT2D eigenvalue weighted by molar-refractivity contribution is -0.0457. The average Bonchev–Trinajstić information content (AvgIpc) is 2.94. The zero-order chi connectivity index (χ0) is 13.6. The van der Waals surface area contributed by atoms with Crippen LogP contribution in [0.3, 0.4) is 0 Å². The molecule has 1 fully saturated rings. The number of fused-ring (bicyclic) bond motifs is 1. The molecule has 3 rings (SSSR count). The SMILES string of the molecule is OCC1O[C@@H](n2ccc3c(Cl)ncnc32)[C@@H](F)[C@@H]1O. The van der Waals surface area contributed by atoms with E-state index in [1.165, 1.54) is 10.9 Å². The van der Waals surface area contributed by atoms with Crippen molar-refractivity contribution in [3.63, 3.8) is 0 Å². The van der Waals surface area contributed by atoms with Crippen molar-refractivity contribution in [3.8, 4) is 0 Å². The van der Waals surface area contributed by atoms with Crippen LogP contribution in [0.1, 0.15) is 6.23 Å². The second kappa shape index (κ2) is 4.68. The molecule has 1 aliphatic heterocycles. The highest BCUT2D eigenvalue weighted by atomic mass is 35.5. The fourth-order valence-electron chi connectivity index (χ4n) is 2.22.